The number of anilines is 1. The molecule has 3 heterocycles. The van der Waals surface area contributed by atoms with E-state index >= 15 is 0 Å². The van der Waals surface area contributed by atoms with Crippen molar-refractivity contribution in [3.8, 4) is 0 Å². The van der Waals surface area contributed by atoms with E-state index in [9.17, 15) is 13.2 Å². The van der Waals surface area contributed by atoms with Crippen molar-refractivity contribution in [1.29, 1.82) is 0 Å². The molecule has 0 aliphatic carbocycles. The molecule has 1 N–H and O–H groups in total. The zero-order valence-corrected chi connectivity index (χ0v) is 19.9. The van der Waals surface area contributed by atoms with Gasteiger partial charge < -0.3 is 15.0 Å². The van der Waals surface area contributed by atoms with Gasteiger partial charge in [-0.3, -0.25) is 4.79 Å². The summed E-state index contributed by atoms with van der Waals surface area (Å²) in [6.07, 6.45) is 3.94. The average molecular weight is 473 g/mol. The Hall–Kier alpha value is -2.49. The van der Waals surface area contributed by atoms with E-state index in [1.54, 1.807) is 18.3 Å². The van der Waals surface area contributed by atoms with Crippen LogP contribution in [-0.2, 0) is 32.5 Å². The van der Waals surface area contributed by atoms with Crippen molar-refractivity contribution in [2.75, 3.05) is 44.3 Å². The zero-order valence-electron chi connectivity index (χ0n) is 19.1. The predicted octanol–water partition coefficient (Wildman–Crippen LogP) is 2.20. The molecule has 0 bridgehead atoms. The summed E-state index contributed by atoms with van der Waals surface area (Å²) in [5.41, 5.74) is 2.37. The molecule has 1 aromatic heterocycles. The molecule has 0 saturated carbocycles. The van der Waals surface area contributed by atoms with Gasteiger partial charge in [-0.25, -0.2) is 13.4 Å². The minimum absolute atomic E-state index is 0.0522. The number of morpholine rings is 1. The Morgan fingerprint density at radius 2 is 1.73 bits per heavy atom. The van der Waals surface area contributed by atoms with Crippen LogP contribution in [0.3, 0.4) is 0 Å². The van der Waals surface area contributed by atoms with Gasteiger partial charge in [-0.05, 0) is 42.5 Å². The van der Waals surface area contributed by atoms with Gasteiger partial charge in [0.2, 0.25) is 15.9 Å². The monoisotopic (exact) mass is 472 g/mol. The number of amides is 1. The van der Waals surface area contributed by atoms with E-state index < -0.39 is 10.0 Å². The Labute approximate surface area is 196 Å². The van der Waals surface area contributed by atoms with Crippen LogP contribution in [0.1, 0.15) is 30.9 Å². The molecular formula is C24H32N4O4S. The molecule has 1 aromatic carbocycles. The predicted molar refractivity (Wildman–Crippen MR) is 126 cm³/mol. The maximum absolute atomic E-state index is 13.2. The molecule has 1 amide bonds. The number of benzene rings is 1. The molecule has 0 unspecified atom stereocenters. The lowest BCUT2D eigenvalue weighted by Gasteiger charge is -2.34. The summed E-state index contributed by atoms with van der Waals surface area (Å²) in [6.45, 7) is 5.31. The molecule has 33 heavy (non-hydrogen) atoms. The lowest BCUT2D eigenvalue weighted by Crippen LogP contribution is -2.43. The van der Waals surface area contributed by atoms with Crippen molar-refractivity contribution in [3.05, 3.63) is 53.7 Å². The van der Waals surface area contributed by atoms with Crippen molar-refractivity contribution in [3.63, 3.8) is 0 Å². The van der Waals surface area contributed by atoms with Gasteiger partial charge in [0.25, 0.3) is 0 Å². The van der Waals surface area contributed by atoms with Crippen LogP contribution in [0, 0.1) is 5.92 Å². The molecule has 2 aliphatic rings. The number of hydrogen-bond donors (Lipinski definition) is 1. The van der Waals surface area contributed by atoms with Crippen LogP contribution in [0.2, 0.25) is 0 Å². The highest BCUT2D eigenvalue weighted by Crippen LogP contribution is 2.29. The van der Waals surface area contributed by atoms with Crippen LogP contribution < -0.4 is 10.2 Å². The highest BCUT2D eigenvalue weighted by molar-refractivity contribution is 7.89. The van der Waals surface area contributed by atoms with Gasteiger partial charge in [-0.1, -0.05) is 31.2 Å². The van der Waals surface area contributed by atoms with Crippen molar-refractivity contribution in [2.24, 2.45) is 5.92 Å². The SMILES string of the molecule is CCc1ccc(CNC(=O)C2CCN(c3ncccc3S(=O)(=O)N3CCOCC3)CC2)cc1. The van der Waals surface area contributed by atoms with E-state index in [0.717, 1.165) is 12.0 Å². The van der Waals surface area contributed by atoms with Gasteiger partial charge in [-0.2, -0.15) is 4.31 Å². The molecular weight excluding hydrogens is 440 g/mol. The second-order valence-electron chi connectivity index (χ2n) is 8.49. The maximum atomic E-state index is 13.2. The number of aryl methyl sites for hydroxylation is 1. The lowest BCUT2D eigenvalue weighted by atomic mass is 9.95. The van der Waals surface area contributed by atoms with E-state index in [1.807, 2.05) is 4.90 Å². The summed E-state index contributed by atoms with van der Waals surface area (Å²) < 4.78 is 33.2. The largest absolute Gasteiger partial charge is 0.379 e. The number of hydrogen-bond acceptors (Lipinski definition) is 6. The first-order valence-corrected chi connectivity index (χ1v) is 13.1. The Balaban J connectivity index is 1.36. The topological polar surface area (TPSA) is 91.8 Å². The molecule has 178 valence electrons. The van der Waals surface area contributed by atoms with Gasteiger partial charge in [0.1, 0.15) is 10.7 Å². The number of pyridine rings is 1. The Morgan fingerprint density at radius 1 is 1.06 bits per heavy atom. The number of ether oxygens (including phenoxy) is 1. The normalized spacial score (nSPS) is 18.3. The Morgan fingerprint density at radius 3 is 2.39 bits per heavy atom. The zero-order chi connectivity index (χ0) is 23.3. The third kappa shape index (κ3) is 5.54. The number of rotatable bonds is 7. The first-order chi connectivity index (χ1) is 16.0. The highest BCUT2D eigenvalue weighted by atomic mass is 32.2. The fourth-order valence-corrected chi connectivity index (χ4v) is 5.90. The van der Waals surface area contributed by atoms with Gasteiger partial charge in [0.05, 0.1) is 13.2 Å². The van der Waals surface area contributed by atoms with Gasteiger partial charge in [0, 0.05) is 44.8 Å². The summed E-state index contributed by atoms with van der Waals surface area (Å²) >= 11 is 0. The van der Waals surface area contributed by atoms with Crippen LogP contribution in [0.4, 0.5) is 5.82 Å². The summed E-state index contributed by atoms with van der Waals surface area (Å²) in [5, 5.41) is 3.05. The van der Waals surface area contributed by atoms with Gasteiger partial charge >= 0.3 is 0 Å². The first-order valence-electron chi connectivity index (χ1n) is 11.6. The smallest absolute Gasteiger partial charge is 0.246 e. The molecule has 2 aromatic rings. The molecule has 0 atom stereocenters. The Bertz CT molecular complexity index is 1040. The average Bonchev–Trinajstić information content (AvgIpc) is 2.88. The minimum atomic E-state index is -3.65. The quantitative estimate of drug-likeness (QED) is 0.664. The molecule has 9 heteroatoms. The van der Waals surface area contributed by atoms with Gasteiger partial charge in [0.15, 0.2) is 0 Å². The second kappa shape index (κ2) is 10.6. The van der Waals surface area contributed by atoms with Crippen molar-refractivity contribution >= 4 is 21.7 Å². The fraction of sp³-hybridized carbons (Fsp3) is 0.500. The number of nitrogens with zero attached hydrogens (tertiary/aromatic N) is 3. The van der Waals surface area contributed by atoms with E-state index in [-0.39, 0.29) is 16.7 Å². The third-order valence-electron chi connectivity index (χ3n) is 6.40. The van der Waals surface area contributed by atoms with Crippen LogP contribution in [0.15, 0.2) is 47.5 Å². The molecule has 2 saturated heterocycles. The van der Waals surface area contributed by atoms with Crippen LogP contribution in [0.5, 0.6) is 0 Å². The van der Waals surface area contributed by atoms with Crippen molar-refractivity contribution in [1.82, 2.24) is 14.6 Å². The van der Waals surface area contributed by atoms with Crippen molar-refractivity contribution < 1.29 is 17.9 Å². The number of carbonyl (C=O) groups excluding carboxylic acids is 1. The van der Waals surface area contributed by atoms with E-state index in [1.165, 1.54) is 9.87 Å². The molecule has 2 aliphatic heterocycles. The Kier molecular flexibility index (Phi) is 7.62. The molecule has 8 nitrogen and oxygen atoms in total. The van der Waals surface area contributed by atoms with E-state index in [0.29, 0.717) is 64.6 Å². The third-order valence-corrected chi connectivity index (χ3v) is 8.32. The fourth-order valence-electron chi connectivity index (χ4n) is 4.33. The number of aromatic nitrogens is 1. The van der Waals surface area contributed by atoms with Crippen molar-refractivity contribution in [2.45, 2.75) is 37.6 Å². The van der Waals surface area contributed by atoms with Crippen LogP contribution in [0.25, 0.3) is 0 Å². The van der Waals surface area contributed by atoms with Gasteiger partial charge in [-0.15, -0.1) is 0 Å². The number of sulfonamides is 1. The second-order valence-corrected chi connectivity index (χ2v) is 10.4. The number of carbonyl (C=O) groups is 1. The molecule has 0 radical (unpaired) electrons. The van der Waals surface area contributed by atoms with E-state index in [2.05, 4.69) is 41.5 Å². The number of piperidine rings is 1. The molecule has 4 rings (SSSR count). The summed E-state index contributed by atoms with van der Waals surface area (Å²) in [7, 11) is -3.65. The van der Waals surface area contributed by atoms with Crippen LogP contribution >= 0.6 is 0 Å². The lowest BCUT2D eigenvalue weighted by molar-refractivity contribution is -0.125. The number of nitrogens with one attached hydrogen (secondary N) is 1. The summed E-state index contributed by atoms with van der Waals surface area (Å²) in [5.74, 6) is 0.439. The van der Waals surface area contributed by atoms with E-state index in [4.69, 9.17) is 4.74 Å². The molecule has 2 fully saturated rings. The minimum Gasteiger partial charge on any atom is -0.379 e. The summed E-state index contributed by atoms with van der Waals surface area (Å²) in [4.78, 5) is 19.3. The maximum Gasteiger partial charge on any atom is 0.246 e. The standard InChI is InChI=1S/C24H32N4O4S/c1-2-19-5-7-20(8-6-19)18-26-24(29)21-9-12-27(13-10-21)23-22(4-3-11-25-23)33(30,31)28-14-16-32-17-15-28/h3-8,11,21H,2,9-10,12-18H2,1H3,(H,26,29). The molecule has 0 spiro atoms. The summed E-state index contributed by atoms with van der Waals surface area (Å²) in [6, 6.07) is 11.6. The highest BCUT2D eigenvalue weighted by Gasteiger charge is 2.33. The first kappa shape index (κ1) is 23.7. The van der Waals surface area contributed by atoms with Crippen LogP contribution in [-0.4, -0.2) is 63.0 Å².